The Morgan fingerprint density at radius 2 is 1.78 bits per heavy atom. The maximum atomic E-state index is 13.0. The fraction of sp³-hybridized carbons (Fsp3) is 0.348. The van der Waals surface area contributed by atoms with Crippen LogP contribution in [-0.4, -0.2) is 57.3 Å². The number of fused-ring (bicyclic) bond motifs is 1. The van der Waals surface area contributed by atoms with Crippen LogP contribution in [-0.2, 0) is 16.1 Å². The number of carbonyl (C=O) groups is 2. The molecule has 168 valence electrons. The van der Waals surface area contributed by atoms with Crippen molar-refractivity contribution in [2.45, 2.75) is 31.5 Å². The number of carboxylic acid groups (broad SMARTS) is 1. The van der Waals surface area contributed by atoms with Gasteiger partial charge in [0.1, 0.15) is 6.04 Å². The Labute approximate surface area is 184 Å². The summed E-state index contributed by atoms with van der Waals surface area (Å²) in [6.45, 7) is 1.11. The summed E-state index contributed by atoms with van der Waals surface area (Å²) < 4.78 is 7.37. The van der Waals surface area contributed by atoms with Crippen molar-refractivity contribution in [3.63, 3.8) is 0 Å². The first kappa shape index (κ1) is 21.6. The number of aromatic nitrogens is 2. The zero-order valence-corrected chi connectivity index (χ0v) is 17.6. The van der Waals surface area contributed by atoms with E-state index in [0.29, 0.717) is 25.9 Å². The van der Waals surface area contributed by atoms with Gasteiger partial charge in [0, 0.05) is 19.1 Å². The van der Waals surface area contributed by atoms with Gasteiger partial charge in [-0.3, -0.25) is 9.36 Å². The van der Waals surface area contributed by atoms with E-state index < -0.39 is 12.1 Å². The topological polar surface area (TPSA) is 117 Å². The molecule has 2 amide bonds. The van der Waals surface area contributed by atoms with E-state index in [1.165, 1.54) is 0 Å². The summed E-state index contributed by atoms with van der Waals surface area (Å²) in [6.07, 6.45) is -0.0528. The van der Waals surface area contributed by atoms with Crippen LogP contribution < -0.4 is 11.0 Å². The summed E-state index contributed by atoms with van der Waals surface area (Å²) in [5.74, 6) is -0.315. The first-order valence-electron chi connectivity index (χ1n) is 10.6. The first-order chi connectivity index (χ1) is 15.5. The molecule has 9 nitrogen and oxygen atoms in total. The third kappa shape index (κ3) is 4.83. The van der Waals surface area contributed by atoms with Gasteiger partial charge in [-0.1, -0.05) is 42.5 Å². The number of nitrogens with zero attached hydrogens (tertiary/aromatic N) is 2. The lowest BCUT2D eigenvalue weighted by Crippen LogP contribution is -2.52. The van der Waals surface area contributed by atoms with Gasteiger partial charge < -0.3 is 25.0 Å². The van der Waals surface area contributed by atoms with Crippen molar-refractivity contribution in [2.75, 3.05) is 19.7 Å². The maximum absolute atomic E-state index is 13.0. The maximum Gasteiger partial charge on any atom is 0.405 e. The monoisotopic (exact) mass is 438 g/mol. The van der Waals surface area contributed by atoms with Gasteiger partial charge in [-0.15, -0.1) is 0 Å². The average molecular weight is 438 g/mol. The lowest BCUT2D eigenvalue weighted by Gasteiger charge is -2.34. The second kappa shape index (κ2) is 9.69. The Bertz CT molecular complexity index is 1130. The van der Waals surface area contributed by atoms with Crippen molar-refractivity contribution in [1.82, 2.24) is 19.8 Å². The number of piperidine rings is 1. The van der Waals surface area contributed by atoms with Crippen LogP contribution in [0.4, 0.5) is 4.79 Å². The Morgan fingerprint density at radius 3 is 2.50 bits per heavy atom. The summed E-state index contributed by atoms with van der Waals surface area (Å²) >= 11 is 0. The number of benzene rings is 2. The van der Waals surface area contributed by atoms with Crippen molar-refractivity contribution < 1.29 is 19.4 Å². The van der Waals surface area contributed by atoms with Gasteiger partial charge in [-0.25, -0.2) is 9.59 Å². The summed E-state index contributed by atoms with van der Waals surface area (Å²) in [5.41, 5.74) is 2.43. The average Bonchev–Trinajstić information content (AvgIpc) is 3.14. The van der Waals surface area contributed by atoms with Crippen molar-refractivity contribution in [3.05, 3.63) is 70.6 Å². The Kier molecular flexibility index (Phi) is 6.55. The number of nitrogens with one attached hydrogen (secondary N) is 2. The molecular formula is C23H26N4O5. The third-order valence-electron chi connectivity index (χ3n) is 5.76. The summed E-state index contributed by atoms with van der Waals surface area (Å²) in [7, 11) is 0. The number of H-pyrrole nitrogens is 1. The molecule has 2 heterocycles. The van der Waals surface area contributed by atoms with Crippen LogP contribution >= 0.6 is 0 Å². The van der Waals surface area contributed by atoms with Crippen LogP contribution in [0.2, 0.25) is 0 Å². The molecule has 3 N–H and O–H groups in total. The molecule has 1 aliphatic rings. The van der Waals surface area contributed by atoms with Gasteiger partial charge in [-0.2, -0.15) is 0 Å². The Balaban J connectivity index is 1.38. The molecule has 0 saturated carbocycles. The van der Waals surface area contributed by atoms with Crippen LogP contribution in [0.3, 0.4) is 0 Å². The van der Waals surface area contributed by atoms with Crippen LogP contribution in [0, 0.1) is 0 Å². The molecule has 1 aromatic heterocycles. The lowest BCUT2D eigenvalue weighted by molar-refractivity contribution is -0.136. The zero-order chi connectivity index (χ0) is 22.5. The molecule has 0 aliphatic carbocycles. The summed E-state index contributed by atoms with van der Waals surface area (Å²) in [5, 5.41) is 11.4. The van der Waals surface area contributed by atoms with E-state index in [-0.39, 0.29) is 30.9 Å². The van der Waals surface area contributed by atoms with Crippen molar-refractivity contribution in [2.24, 2.45) is 0 Å². The number of hydrogen-bond acceptors (Lipinski definition) is 4. The van der Waals surface area contributed by atoms with Gasteiger partial charge >= 0.3 is 11.8 Å². The van der Waals surface area contributed by atoms with Crippen LogP contribution in [0.15, 0.2) is 59.4 Å². The van der Waals surface area contributed by atoms with Gasteiger partial charge in [0.2, 0.25) is 5.91 Å². The molecule has 4 rings (SSSR count). The van der Waals surface area contributed by atoms with Crippen molar-refractivity contribution >= 4 is 23.0 Å². The van der Waals surface area contributed by atoms with E-state index >= 15 is 0 Å². The molecule has 1 fully saturated rings. The smallest absolute Gasteiger partial charge is 0.405 e. The number of ether oxygens (including phenoxy) is 1. The highest BCUT2D eigenvalue weighted by Crippen LogP contribution is 2.25. The number of hydrogen-bond donors (Lipinski definition) is 3. The minimum Gasteiger partial charge on any atom is -0.465 e. The van der Waals surface area contributed by atoms with Crippen molar-refractivity contribution in [3.8, 4) is 0 Å². The highest BCUT2D eigenvalue weighted by molar-refractivity contribution is 5.85. The number of carbonyl (C=O) groups excluding carboxylic acids is 1. The van der Waals surface area contributed by atoms with Gasteiger partial charge in [0.25, 0.3) is 0 Å². The largest absolute Gasteiger partial charge is 0.465 e. The van der Waals surface area contributed by atoms with Crippen LogP contribution in [0.5, 0.6) is 0 Å². The number of aromatic amines is 1. The molecule has 0 spiro atoms. The van der Waals surface area contributed by atoms with Crippen LogP contribution in [0.1, 0.15) is 24.4 Å². The van der Waals surface area contributed by atoms with E-state index in [4.69, 9.17) is 9.84 Å². The molecule has 9 heteroatoms. The standard InChI is InChI=1S/C23H26N4O5/c28-21(19(25-23(30)31)15-32-14-16-6-2-1-3-7-16)26-12-10-17(11-13-26)27-20-9-5-4-8-18(20)24-22(27)29/h1-9,17,19,25H,10-15H2,(H,24,29)(H,30,31)/t19-/m1/s1. The molecule has 0 radical (unpaired) electrons. The zero-order valence-electron chi connectivity index (χ0n) is 17.6. The van der Waals surface area contributed by atoms with Crippen LogP contribution in [0.25, 0.3) is 11.0 Å². The minimum absolute atomic E-state index is 0.0251. The third-order valence-corrected chi connectivity index (χ3v) is 5.76. The SMILES string of the molecule is O=C(O)N[C@H](COCc1ccccc1)C(=O)N1CCC(n2c(=O)[nH]c3ccccc32)CC1. The van der Waals surface area contributed by atoms with Crippen molar-refractivity contribution in [1.29, 1.82) is 0 Å². The van der Waals surface area contributed by atoms with Gasteiger partial charge in [-0.05, 0) is 30.5 Å². The number of rotatable bonds is 7. The first-order valence-corrected chi connectivity index (χ1v) is 10.6. The quantitative estimate of drug-likeness (QED) is 0.524. The fourth-order valence-electron chi connectivity index (χ4n) is 4.19. The second-order valence-corrected chi connectivity index (χ2v) is 7.88. The Morgan fingerprint density at radius 1 is 1.09 bits per heavy atom. The molecule has 1 atom stereocenters. The second-order valence-electron chi connectivity index (χ2n) is 7.88. The molecule has 32 heavy (non-hydrogen) atoms. The predicted octanol–water partition coefficient (Wildman–Crippen LogP) is 2.35. The predicted molar refractivity (Wildman–Crippen MR) is 118 cm³/mol. The highest BCUT2D eigenvalue weighted by Gasteiger charge is 2.31. The summed E-state index contributed by atoms with van der Waals surface area (Å²) in [4.78, 5) is 41.2. The number of para-hydroxylation sites is 2. The Hall–Kier alpha value is -3.59. The molecule has 0 bridgehead atoms. The molecule has 0 unspecified atom stereocenters. The molecular weight excluding hydrogens is 412 g/mol. The number of imidazole rings is 1. The van der Waals surface area contributed by atoms with E-state index in [2.05, 4.69) is 10.3 Å². The summed E-state index contributed by atoms with van der Waals surface area (Å²) in [6, 6.07) is 16.0. The van der Waals surface area contributed by atoms with Gasteiger partial charge in [0.15, 0.2) is 0 Å². The normalized spacial score (nSPS) is 15.6. The van der Waals surface area contributed by atoms with E-state index in [9.17, 15) is 14.4 Å². The van der Waals surface area contributed by atoms with E-state index in [1.807, 2.05) is 54.6 Å². The molecule has 1 saturated heterocycles. The van der Waals surface area contributed by atoms with Gasteiger partial charge in [0.05, 0.1) is 24.2 Å². The molecule has 2 aromatic carbocycles. The molecule has 1 aliphatic heterocycles. The minimum atomic E-state index is -1.27. The molecule has 3 aromatic rings. The van der Waals surface area contributed by atoms with E-state index in [0.717, 1.165) is 16.6 Å². The number of amides is 2. The van der Waals surface area contributed by atoms with E-state index in [1.54, 1.807) is 9.47 Å². The highest BCUT2D eigenvalue weighted by atomic mass is 16.5. The fourth-order valence-corrected chi connectivity index (χ4v) is 4.19. The lowest BCUT2D eigenvalue weighted by atomic mass is 10.0. The number of likely N-dealkylation sites (tertiary alicyclic amines) is 1.